The van der Waals surface area contributed by atoms with E-state index in [0.29, 0.717) is 41.7 Å². The third-order valence-electron chi connectivity index (χ3n) is 4.06. The van der Waals surface area contributed by atoms with E-state index in [1.807, 2.05) is 12.1 Å². The Morgan fingerprint density at radius 1 is 1.14 bits per heavy atom. The molecule has 2 aromatic rings. The lowest BCUT2D eigenvalue weighted by Gasteiger charge is -2.13. The van der Waals surface area contributed by atoms with Gasteiger partial charge >= 0.3 is 6.09 Å². The van der Waals surface area contributed by atoms with Crippen molar-refractivity contribution < 1.29 is 24.2 Å². The normalized spacial score (nSPS) is 11.4. The summed E-state index contributed by atoms with van der Waals surface area (Å²) >= 11 is 6.17. The van der Waals surface area contributed by atoms with Crippen molar-refractivity contribution in [1.29, 1.82) is 0 Å². The van der Waals surface area contributed by atoms with Crippen LogP contribution in [0.5, 0.6) is 17.2 Å². The number of methoxy groups -OCH3 is 1. The third kappa shape index (κ3) is 7.52. The number of amides is 2. The van der Waals surface area contributed by atoms with E-state index >= 15 is 0 Å². The number of carboxylic acid groups (broad SMARTS) is 1. The van der Waals surface area contributed by atoms with E-state index in [9.17, 15) is 9.59 Å². The molecule has 2 rings (SSSR count). The number of rotatable bonds is 10. The Kier molecular flexibility index (Phi) is 8.57. The summed E-state index contributed by atoms with van der Waals surface area (Å²) in [7, 11) is 1.56. The highest BCUT2D eigenvalue weighted by Crippen LogP contribution is 2.32. The molecule has 0 radical (unpaired) electrons. The highest BCUT2D eigenvalue weighted by molar-refractivity contribution is 6.32. The Morgan fingerprint density at radius 2 is 1.83 bits per heavy atom. The summed E-state index contributed by atoms with van der Waals surface area (Å²) in [5.74, 6) is 1.47. The first-order valence-corrected chi connectivity index (χ1v) is 9.37. The average Bonchev–Trinajstić information content (AvgIpc) is 2.71. The Balaban J connectivity index is 1.80. The summed E-state index contributed by atoms with van der Waals surface area (Å²) in [5.41, 5.74) is 6.70. The molecule has 1 atom stereocenters. The van der Waals surface area contributed by atoms with Crippen LogP contribution in [-0.2, 0) is 11.3 Å². The Morgan fingerprint density at radius 3 is 2.45 bits per heavy atom. The molecule has 0 spiro atoms. The number of carbonyl (C=O) groups excluding carboxylic acids is 1. The summed E-state index contributed by atoms with van der Waals surface area (Å²) in [6.07, 6.45) is -0.216. The number of hydrogen-bond acceptors (Lipinski definition) is 5. The Bertz CT molecular complexity index is 829. The molecule has 9 heteroatoms. The summed E-state index contributed by atoms with van der Waals surface area (Å²) in [6, 6.07) is 11.7. The molecule has 0 aromatic heterocycles. The van der Waals surface area contributed by atoms with Gasteiger partial charge < -0.3 is 30.9 Å². The molecule has 0 saturated heterocycles. The van der Waals surface area contributed by atoms with E-state index in [1.54, 1.807) is 37.4 Å². The zero-order chi connectivity index (χ0) is 21.2. The van der Waals surface area contributed by atoms with Gasteiger partial charge in [0.25, 0.3) is 0 Å². The molecule has 8 nitrogen and oxygen atoms in total. The van der Waals surface area contributed by atoms with Gasteiger partial charge in [0.1, 0.15) is 17.2 Å². The third-order valence-corrected chi connectivity index (χ3v) is 4.36. The molecule has 1 unspecified atom stereocenters. The molecule has 2 amide bonds. The lowest BCUT2D eigenvalue weighted by Crippen LogP contribution is -2.40. The molecule has 5 N–H and O–H groups in total. The summed E-state index contributed by atoms with van der Waals surface area (Å²) in [6.45, 7) is 0.583. The summed E-state index contributed by atoms with van der Waals surface area (Å²) < 4.78 is 10.9. The average molecular weight is 422 g/mol. The van der Waals surface area contributed by atoms with Crippen LogP contribution in [0.25, 0.3) is 0 Å². The zero-order valence-corrected chi connectivity index (χ0v) is 16.7. The van der Waals surface area contributed by atoms with Crippen LogP contribution >= 0.6 is 11.6 Å². The van der Waals surface area contributed by atoms with Crippen LogP contribution in [0, 0.1) is 0 Å². The maximum absolute atomic E-state index is 12.0. The second-order valence-corrected chi connectivity index (χ2v) is 6.65. The van der Waals surface area contributed by atoms with Crippen LogP contribution in [0.4, 0.5) is 4.79 Å². The van der Waals surface area contributed by atoms with E-state index in [0.717, 1.165) is 5.56 Å². The number of carbonyl (C=O) groups is 2. The van der Waals surface area contributed by atoms with Gasteiger partial charge in [0.2, 0.25) is 5.91 Å². The maximum atomic E-state index is 12.0. The molecule has 156 valence electrons. The van der Waals surface area contributed by atoms with Crippen molar-refractivity contribution in [2.45, 2.75) is 25.4 Å². The topological polar surface area (TPSA) is 123 Å². The molecule has 0 fully saturated rings. The molecule has 0 aliphatic carbocycles. The first kappa shape index (κ1) is 22.3. The quantitative estimate of drug-likeness (QED) is 0.437. The fourth-order valence-corrected chi connectivity index (χ4v) is 2.67. The van der Waals surface area contributed by atoms with E-state index in [1.165, 1.54) is 0 Å². The monoisotopic (exact) mass is 421 g/mol. The van der Waals surface area contributed by atoms with Crippen molar-refractivity contribution in [3.63, 3.8) is 0 Å². The van der Waals surface area contributed by atoms with Crippen LogP contribution in [0.3, 0.4) is 0 Å². The van der Waals surface area contributed by atoms with Gasteiger partial charge in [-0.3, -0.25) is 4.79 Å². The fraction of sp³-hybridized carbons (Fsp3) is 0.300. The minimum Gasteiger partial charge on any atom is -0.497 e. The minimum absolute atomic E-state index is 0.260. The standard InChI is InChI=1S/C20H24ClN3O5/c1-28-15-8-9-18(16(21)11-15)29-14-6-4-13(5-7-14)12-24-19(25)17(22)3-2-10-23-20(26)27/h4-9,11,17,23H,2-3,10,12,22H2,1H3,(H,24,25)(H,26,27). The van der Waals surface area contributed by atoms with E-state index in [4.69, 9.17) is 31.9 Å². The molecule has 2 aromatic carbocycles. The number of halogens is 1. The predicted molar refractivity (Wildman–Crippen MR) is 110 cm³/mol. The van der Waals surface area contributed by atoms with Gasteiger partial charge in [-0.1, -0.05) is 23.7 Å². The van der Waals surface area contributed by atoms with Crippen molar-refractivity contribution in [3.05, 3.63) is 53.1 Å². The molecule has 0 saturated carbocycles. The van der Waals surface area contributed by atoms with E-state index in [-0.39, 0.29) is 12.5 Å². The largest absolute Gasteiger partial charge is 0.497 e. The molecule has 29 heavy (non-hydrogen) atoms. The maximum Gasteiger partial charge on any atom is 0.404 e. The second kappa shape index (κ2) is 11.1. The molecular formula is C20H24ClN3O5. The lowest BCUT2D eigenvalue weighted by molar-refractivity contribution is -0.122. The SMILES string of the molecule is COc1ccc(Oc2ccc(CNC(=O)C(N)CCCNC(=O)O)cc2)c(Cl)c1. The number of nitrogens with two attached hydrogens (primary N) is 1. The van der Waals surface area contributed by atoms with Crippen LogP contribution in [0.2, 0.25) is 5.02 Å². The molecule has 0 aliphatic rings. The van der Waals surface area contributed by atoms with Gasteiger partial charge in [0.15, 0.2) is 0 Å². The van der Waals surface area contributed by atoms with Gasteiger partial charge in [-0.05, 0) is 42.7 Å². The Hall–Kier alpha value is -2.97. The van der Waals surface area contributed by atoms with Crippen molar-refractivity contribution in [3.8, 4) is 17.2 Å². The van der Waals surface area contributed by atoms with E-state index < -0.39 is 12.1 Å². The van der Waals surface area contributed by atoms with Crippen molar-refractivity contribution in [1.82, 2.24) is 10.6 Å². The highest BCUT2D eigenvalue weighted by Gasteiger charge is 2.13. The first-order chi connectivity index (χ1) is 13.9. The van der Waals surface area contributed by atoms with Crippen LogP contribution in [0.15, 0.2) is 42.5 Å². The van der Waals surface area contributed by atoms with Crippen molar-refractivity contribution in [2.24, 2.45) is 5.73 Å². The molecular weight excluding hydrogens is 398 g/mol. The van der Waals surface area contributed by atoms with Crippen LogP contribution in [0.1, 0.15) is 18.4 Å². The number of hydrogen-bond donors (Lipinski definition) is 4. The van der Waals surface area contributed by atoms with Gasteiger partial charge in [0.05, 0.1) is 18.2 Å². The predicted octanol–water partition coefficient (Wildman–Crippen LogP) is 3.13. The fourth-order valence-electron chi connectivity index (χ4n) is 2.46. The van der Waals surface area contributed by atoms with Crippen LogP contribution < -0.4 is 25.8 Å². The molecule has 0 bridgehead atoms. The van der Waals surface area contributed by atoms with E-state index in [2.05, 4.69) is 10.6 Å². The first-order valence-electron chi connectivity index (χ1n) is 8.99. The smallest absolute Gasteiger partial charge is 0.404 e. The number of benzene rings is 2. The zero-order valence-electron chi connectivity index (χ0n) is 16.0. The minimum atomic E-state index is -1.09. The van der Waals surface area contributed by atoms with Gasteiger partial charge in [0, 0.05) is 19.2 Å². The Labute approximate surface area is 173 Å². The number of nitrogens with one attached hydrogen (secondary N) is 2. The molecule has 0 heterocycles. The van der Waals surface area contributed by atoms with Crippen LogP contribution in [-0.4, -0.2) is 36.8 Å². The summed E-state index contributed by atoms with van der Waals surface area (Å²) in [4.78, 5) is 22.4. The lowest BCUT2D eigenvalue weighted by atomic mass is 10.1. The highest BCUT2D eigenvalue weighted by atomic mass is 35.5. The summed E-state index contributed by atoms with van der Waals surface area (Å²) in [5, 5.41) is 13.9. The number of ether oxygens (including phenoxy) is 2. The second-order valence-electron chi connectivity index (χ2n) is 6.24. The van der Waals surface area contributed by atoms with Gasteiger partial charge in [-0.25, -0.2) is 4.79 Å². The van der Waals surface area contributed by atoms with Gasteiger partial charge in [-0.15, -0.1) is 0 Å². The van der Waals surface area contributed by atoms with Crippen molar-refractivity contribution >= 4 is 23.6 Å². The molecule has 0 aliphatic heterocycles. The van der Waals surface area contributed by atoms with Gasteiger partial charge in [-0.2, -0.15) is 0 Å². The van der Waals surface area contributed by atoms with Crippen molar-refractivity contribution in [2.75, 3.05) is 13.7 Å².